The van der Waals surface area contributed by atoms with Crippen LogP contribution in [0.1, 0.15) is 25.0 Å². The number of nitrogens with two attached hydrogens (primary N) is 1. The predicted octanol–water partition coefficient (Wildman–Crippen LogP) is 1.84. The van der Waals surface area contributed by atoms with Gasteiger partial charge >= 0.3 is 0 Å². The first-order valence-corrected chi connectivity index (χ1v) is 11.5. The molecule has 4 rings (SSSR count). The number of nitrogens with one attached hydrogen (secondary N) is 5. The van der Waals surface area contributed by atoms with E-state index >= 15 is 0 Å². The van der Waals surface area contributed by atoms with Gasteiger partial charge in [0.25, 0.3) is 0 Å². The Hall–Kier alpha value is -3.95. The Morgan fingerprint density at radius 2 is 1.49 bits per heavy atom. The first kappa shape index (κ1) is 24.2. The molecule has 4 aromatic rings. The second-order valence-corrected chi connectivity index (χ2v) is 9.22. The van der Waals surface area contributed by atoms with Crippen molar-refractivity contribution in [2.24, 2.45) is 5.73 Å². The summed E-state index contributed by atoms with van der Waals surface area (Å²) in [6.07, 6.45) is 4.50. The molecule has 3 amide bonds. The van der Waals surface area contributed by atoms with Crippen LogP contribution in [0.5, 0.6) is 0 Å². The van der Waals surface area contributed by atoms with Gasteiger partial charge in [0, 0.05) is 40.6 Å². The van der Waals surface area contributed by atoms with E-state index in [1.54, 1.807) is 0 Å². The number of H-pyrrole nitrogens is 2. The molecule has 2 heterocycles. The lowest BCUT2D eigenvalue weighted by atomic mass is 10.0. The second kappa shape index (κ2) is 10.1. The fraction of sp³-hybridized carbons (Fsp3) is 0.269. The standard InChI is InChI=1S/C26H30N6O3/c1-26(2,27)25(35)32-24(34)22(11-16-13-28-20-9-5-3-7-18(16)20)31-23(30-15-33)12-17-14-29-21-10-6-4-8-19(17)21/h3-10,13-15,22-23,28-29,31H,11-12,27H2,1-2H3,(H,30,33)(H,32,34,35)/t22-,23+/m1/s1. The van der Waals surface area contributed by atoms with Crippen LogP contribution in [0.4, 0.5) is 0 Å². The number of carbonyl (C=O) groups excluding carboxylic acids is 3. The SMILES string of the molecule is CC(C)(N)C(=O)NC(=O)[C@@H](Cc1c[nH]c2ccccc12)N[C@@H](Cc1c[nH]c2ccccc12)NC=O. The van der Waals surface area contributed by atoms with Gasteiger partial charge in [-0.15, -0.1) is 0 Å². The number of fused-ring (bicyclic) bond motifs is 2. The van der Waals surface area contributed by atoms with Crippen molar-refractivity contribution in [3.8, 4) is 0 Å². The van der Waals surface area contributed by atoms with Crippen LogP contribution in [0.2, 0.25) is 0 Å². The summed E-state index contributed by atoms with van der Waals surface area (Å²) in [4.78, 5) is 43.5. The molecule has 0 spiro atoms. The number of para-hydroxylation sites is 2. The molecule has 0 saturated heterocycles. The van der Waals surface area contributed by atoms with Gasteiger partial charge in [0.15, 0.2) is 0 Å². The third kappa shape index (κ3) is 5.59. The first-order valence-electron chi connectivity index (χ1n) is 11.5. The summed E-state index contributed by atoms with van der Waals surface area (Å²) in [6.45, 7) is 3.07. The minimum Gasteiger partial charge on any atom is -0.361 e. The van der Waals surface area contributed by atoms with Crippen LogP contribution in [0.3, 0.4) is 0 Å². The monoisotopic (exact) mass is 474 g/mol. The summed E-state index contributed by atoms with van der Waals surface area (Å²) in [7, 11) is 0. The lowest BCUT2D eigenvalue weighted by molar-refractivity contribution is -0.134. The van der Waals surface area contributed by atoms with E-state index in [0.717, 1.165) is 32.9 Å². The van der Waals surface area contributed by atoms with Crippen molar-refractivity contribution in [3.63, 3.8) is 0 Å². The Morgan fingerprint density at radius 1 is 0.943 bits per heavy atom. The van der Waals surface area contributed by atoms with E-state index in [1.165, 1.54) is 13.8 Å². The summed E-state index contributed by atoms with van der Waals surface area (Å²) >= 11 is 0. The zero-order chi connectivity index (χ0) is 25.0. The molecule has 2 aromatic carbocycles. The normalized spacial score (nSPS) is 13.5. The third-order valence-electron chi connectivity index (χ3n) is 6.01. The van der Waals surface area contributed by atoms with Gasteiger partial charge in [0.2, 0.25) is 18.2 Å². The molecular weight excluding hydrogens is 444 g/mol. The second-order valence-electron chi connectivity index (χ2n) is 9.22. The smallest absolute Gasteiger partial charge is 0.246 e. The van der Waals surface area contributed by atoms with Crippen LogP contribution in [0, 0.1) is 0 Å². The van der Waals surface area contributed by atoms with Gasteiger partial charge in [0.05, 0.1) is 17.7 Å². The van der Waals surface area contributed by atoms with Crippen molar-refractivity contribution in [1.29, 1.82) is 0 Å². The zero-order valence-corrected chi connectivity index (χ0v) is 19.7. The summed E-state index contributed by atoms with van der Waals surface area (Å²) in [5.41, 5.74) is 8.48. The number of rotatable bonds is 10. The highest BCUT2D eigenvalue weighted by Crippen LogP contribution is 2.21. The summed E-state index contributed by atoms with van der Waals surface area (Å²) in [6, 6.07) is 14.8. The third-order valence-corrected chi connectivity index (χ3v) is 6.01. The highest BCUT2D eigenvalue weighted by Gasteiger charge is 2.29. The Balaban J connectivity index is 1.60. The van der Waals surface area contributed by atoms with Crippen molar-refractivity contribution in [1.82, 2.24) is 25.9 Å². The van der Waals surface area contributed by atoms with Crippen LogP contribution in [0.15, 0.2) is 60.9 Å². The molecule has 0 fully saturated rings. The fourth-order valence-electron chi connectivity index (χ4n) is 4.12. The average Bonchev–Trinajstić information content (AvgIpc) is 3.42. The van der Waals surface area contributed by atoms with E-state index in [1.807, 2.05) is 60.9 Å². The van der Waals surface area contributed by atoms with Gasteiger partial charge in [-0.3, -0.25) is 25.0 Å². The molecular formula is C26H30N6O3. The Kier molecular flexibility index (Phi) is 6.99. The summed E-state index contributed by atoms with van der Waals surface area (Å²) < 4.78 is 0. The number of hydrogen-bond acceptors (Lipinski definition) is 5. The van der Waals surface area contributed by atoms with E-state index in [4.69, 9.17) is 5.73 Å². The van der Waals surface area contributed by atoms with Crippen LogP contribution in [-0.2, 0) is 27.2 Å². The Bertz CT molecular complexity index is 1350. The quantitative estimate of drug-likeness (QED) is 0.153. The molecule has 0 bridgehead atoms. The Morgan fingerprint density at radius 3 is 2.03 bits per heavy atom. The number of imide groups is 1. The number of benzene rings is 2. The molecule has 0 unspecified atom stereocenters. The van der Waals surface area contributed by atoms with Gasteiger partial charge in [0.1, 0.15) is 0 Å². The highest BCUT2D eigenvalue weighted by atomic mass is 16.2. The maximum atomic E-state index is 13.2. The number of carbonyl (C=O) groups is 3. The van der Waals surface area contributed by atoms with Crippen LogP contribution < -0.4 is 21.7 Å². The van der Waals surface area contributed by atoms with Crippen LogP contribution in [0.25, 0.3) is 21.8 Å². The zero-order valence-electron chi connectivity index (χ0n) is 19.7. The lowest BCUT2D eigenvalue weighted by Crippen LogP contribution is -2.58. The van der Waals surface area contributed by atoms with E-state index in [2.05, 4.69) is 25.9 Å². The van der Waals surface area contributed by atoms with Crippen molar-refractivity contribution in [2.45, 2.75) is 44.4 Å². The van der Waals surface area contributed by atoms with Crippen LogP contribution >= 0.6 is 0 Å². The van der Waals surface area contributed by atoms with Crippen molar-refractivity contribution in [2.75, 3.05) is 0 Å². The molecule has 2 atom stereocenters. The number of amides is 3. The lowest BCUT2D eigenvalue weighted by Gasteiger charge is -2.26. The van der Waals surface area contributed by atoms with E-state index in [0.29, 0.717) is 19.3 Å². The molecule has 2 aromatic heterocycles. The molecule has 182 valence electrons. The molecule has 0 aliphatic carbocycles. The van der Waals surface area contributed by atoms with E-state index in [-0.39, 0.29) is 0 Å². The molecule has 0 aliphatic rings. The number of hydrogen-bond donors (Lipinski definition) is 6. The fourth-order valence-corrected chi connectivity index (χ4v) is 4.12. The topological polar surface area (TPSA) is 145 Å². The van der Waals surface area contributed by atoms with Crippen LogP contribution in [-0.4, -0.2) is 45.9 Å². The summed E-state index contributed by atoms with van der Waals surface area (Å²) in [5, 5.41) is 10.4. The van der Waals surface area contributed by atoms with Gasteiger partial charge < -0.3 is 21.0 Å². The minimum absolute atomic E-state index is 0.291. The van der Waals surface area contributed by atoms with Crippen molar-refractivity contribution >= 4 is 40.0 Å². The first-order chi connectivity index (χ1) is 16.8. The van der Waals surface area contributed by atoms with Crippen molar-refractivity contribution < 1.29 is 14.4 Å². The van der Waals surface area contributed by atoms with Crippen molar-refractivity contribution in [3.05, 3.63) is 72.1 Å². The van der Waals surface area contributed by atoms with E-state index in [9.17, 15) is 14.4 Å². The van der Waals surface area contributed by atoms with Gasteiger partial charge in [-0.1, -0.05) is 36.4 Å². The number of aromatic amines is 2. The molecule has 9 nitrogen and oxygen atoms in total. The largest absolute Gasteiger partial charge is 0.361 e. The number of aromatic nitrogens is 2. The maximum Gasteiger partial charge on any atom is 0.246 e. The minimum atomic E-state index is -1.22. The van der Waals surface area contributed by atoms with E-state index < -0.39 is 29.6 Å². The average molecular weight is 475 g/mol. The van der Waals surface area contributed by atoms with Gasteiger partial charge in [-0.05, 0) is 43.5 Å². The summed E-state index contributed by atoms with van der Waals surface area (Å²) in [5.74, 6) is -1.10. The predicted molar refractivity (Wildman–Crippen MR) is 135 cm³/mol. The molecule has 0 radical (unpaired) electrons. The highest BCUT2D eigenvalue weighted by molar-refractivity contribution is 6.01. The molecule has 9 heteroatoms. The van der Waals surface area contributed by atoms with Gasteiger partial charge in [-0.2, -0.15) is 0 Å². The molecule has 35 heavy (non-hydrogen) atoms. The Labute approximate surface area is 202 Å². The maximum absolute atomic E-state index is 13.2. The molecule has 0 aliphatic heterocycles. The van der Waals surface area contributed by atoms with Gasteiger partial charge in [-0.25, -0.2) is 0 Å². The molecule has 0 saturated carbocycles. The molecule has 7 N–H and O–H groups in total.